The molecular weight excluding hydrogens is 308 g/mol. The number of aryl methyl sites for hydroxylation is 1. The van der Waals surface area contributed by atoms with Crippen LogP contribution in [0.15, 0.2) is 41.4 Å². The maximum atomic E-state index is 11.2. The third-order valence-electron chi connectivity index (χ3n) is 2.67. The molecule has 0 fully saturated rings. The molecule has 18 heavy (non-hydrogen) atoms. The summed E-state index contributed by atoms with van der Waals surface area (Å²) in [5.41, 5.74) is 1.34. The normalized spacial score (nSPS) is 12.1. The predicted molar refractivity (Wildman–Crippen MR) is 84.1 cm³/mol. The standard InChI is InChI=1S/C15H19BrOS/c1-12(16)8-10-15(18-13(2)17)11-9-14-6-4-3-5-7-14/h3-7,15H,1,8-11H2,2H3. The number of hydrogen-bond acceptors (Lipinski definition) is 2. The van der Waals surface area contributed by atoms with Crippen LogP contribution in [0.1, 0.15) is 31.7 Å². The van der Waals surface area contributed by atoms with Gasteiger partial charge in [-0.3, -0.25) is 4.79 Å². The van der Waals surface area contributed by atoms with Crippen molar-refractivity contribution in [2.75, 3.05) is 0 Å². The average molecular weight is 327 g/mol. The number of rotatable bonds is 7. The summed E-state index contributed by atoms with van der Waals surface area (Å²) < 4.78 is 1.01. The number of benzene rings is 1. The molecule has 0 aromatic heterocycles. The molecule has 0 radical (unpaired) electrons. The lowest BCUT2D eigenvalue weighted by atomic mass is 10.1. The fraction of sp³-hybridized carbons (Fsp3) is 0.400. The molecule has 1 aromatic rings. The van der Waals surface area contributed by atoms with Crippen LogP contribution in [-0.2, 0) is 11.2 Å². The Bertz CT molecular complexity index is 389. The Morgan fingerprint density at radius 3 is 2.56 bits per heavy atom. The van der Waals surface area contributed by atoms with Crippen LogP contribution < -0.4 is 0 Å². The molecule has 0 saturated heterocycles. The summed E-state index contributed by atoms with van der Waals surface area (Å²) in [4.78, 5) is 11.2. The Morgan fingerprint density at radius 1 is 1.33 bits per heavy atom. The molecule has 1 atom stereocenters. The van der Waals surface area contributed by atoms with Gasteiger partial charge >= 0.3 is 0 Å². The maximum absolute atomic E-state index is 11.2. The lowest BCUT2D eigenvalue weighted by Crippen LogP contribution is -2.07. The zero-order valence-corrected chi connectivity index (χ0v) is 13.1. The number of carbonyl (C=O) groups excluding carboxylic acids is 1. The van der Waals surface area contributed by atoms with Crippen LogP contribution >= 0.6 is 27.7 Å². The summed E-state index contributed by atoms with van der Waals surface area (Å²) in [6.07, 6.45) is 4.00. The second-order valence-electron chi connectivity index (χ2n) is 4.31. The molecule has 0 spiro atoms. The van der Waals surface area contributed by atoms with E-state index in [-0.39, 0.29) is 5.12 Å². The first-order valence-electron chi connectivity index (χ1n) is 6.12. The second-order valence-corrected chi connectivity index (χ2v) is 6.91. The van der Waals surface area contributed by atoms with Crippen LogP contribution in [0.5, 0.6) is 0 Å². The third-order valence-corrected chi connectivity index (χ3v) is 4.20. The zero-order chi connectivity index (χ0) is 13.4. The van der Waals surface area contributed by atoms with Crippen molar-refractivity contribution in [3.8, 4) is 0 Å². The SMILES string of the molecule is C=C(Br)CCC(CCc1ccccc1)SC(C)=O. The van der Waals surface area contributed by atoms with Crippen LogP contribution in [-0.4, -0.2) is 10.4 Å². The lowest BCUT2D eigenvalue weighted by Gasteiger charge is -2.14. The summed E-state index contributed by atoms with van der Waals surface area (Å²) >= 11 is 4.84. The van der Waals surface area contributed by atoms with E-state index in [0.717, 1.165) is 30.2 Å². The Hall–Kier alpha value is -0.540. The molecular formula is C15H19BrOS. The molecule has 0 aliphatic heterocycles. The highest BCUT2D eigenvalue weighted by atomic mass is 79.9. The molecule has 0 saturated carbocycles. The quantitative estimate of drug-likeness (QED) is 0.704. The minimum atomic E-state index is 0.202. The molecule has 0 heterocycles. The highest BCUT2D eigenvalue weighted by molar-refractivity contribution is 9.11. The molecule has 1 unspecified atom stereocenters. The smallest absolute Gasteiger partial charge is 0.186 e. The summed E-state index contributed by atoms with van der Waals surface area (Å²) in [5, 5.41) is 0.588. The van der Waals surface area contributed by atoms with Crippen molar-refractivity contribution in [3.05, 3.63) is 47.0 Å². The first kappa shape index (κ1) is 15.5. The van der Waals surface area contributed by atoms with Crippen molar-refractivity contribution >= 4 is 32.8 Å². The lowest BCUT2D eigenvalue weighted by molar-refractivity contribution is -0.109. The van der Waals surface area contributed by atoms with Gasteiger partial charge in [0.05, 0.1) is 0 Å². The van der Waals surface area contributed by atoms with Crippen molar-refractivity contribution in [2.24, 2.45) is 0 Å². The number of thioether (sulfide) groups is 1. The first-order valence-corrected chi connectivity index (χ1v) is 7.79. The molecule has 0 N–H and O–H groups in total. The molecule has 0 aliphatic carbocycles. The number of halogens is 1. The Morgan fingerprint density at radius 2 is 2.00 bits per heavy atom. The summed E-state index contributed by atoms with van der Waals surface area (Å²) in [5.74, 6) is 0. The van der Waals surface area contributed by atoms with E-state index in [1.54, 1.807) is 6.92 Å². The van der Waals surface area contributed by atoms with E-state index in [2.05, 4.69) is 46.8 Å². The van der Waals surface area contributed by atoms with Gasteiger partial charge in [-0.2, -0.15) is 0 Å². The fourth-order valence-electron chi connectivity index (χ4n) is 1.79. The van der Waals surface area contributed by atoms with E-state index in [9.17, 15) is 4.79 Å². The highest BCUT2D eigenvalue weighted by Gasteiger charge is 2.12. The summed E-state index contributed by atoms with van der Waals surface area (Å²) in [6.45, 7) is 5.49. The van der Waals surface area contributed by atoms with Gasteiger partial charge in [-0.25, -0.2) is 0 Å². The van der Waals surface area contributed by atoms with Crippen molar-refractivity contribution in [1.29, 1.82) is 0 Å². The maximum Gasteiger partial charge on any atom is 0.186 e. The van der Waals surface area contributed by atoms with Crippen LogP contribution in [0, 0.1) is 0 Å². The van der Waals surface area contributed by atoms with Crippen molar-refractivity contribution in [2.45, 2.75) is 37.9 Å². The van der Waals surface area contributed by atoms with Gasteiger partial charge in [0.25, 0.3) is 0 Å². The molecule has 1 nitrogen and oxygen atoms in total. The minimum Gasteiger partial charge on any atom is -0.288 e. The van der Waals surface area contributed by atoms with E-state index >= 15 is 0 Å². The fourth-order valence-corrected chi connectivity index (χ4v) is 2.96. The van der Waals surface area contributed by atoms with Gasteiger partial charge < -0.3 is 0 Å². The topological polar surface area (TPSA) is 17.1 Å². The van der Waals surface area contributed by atoms with Gasteiger partial charge in [-0.15, -0.1) is 0 Å². The number of allylic oxidation sites excluding steroid dienone is 1. The van der Waals surface area contributed by atoms with E-state index in [0.29, 0.717) is 5.25 Å². The second kappa shape index (κ2) is 8.54. The van der Waals surface area contributed by atoms with Crippen molar-refractivity contribution in [3.63, 3.8) is 0 Å². The van der Waals surface area contributed by atoms with Crippen molar-refractivity contribution < 1.29 is 4.79 Å². The van der Waals surface area contributed by atoms with Crippen LogP contribution in [0.25, 0.3) is 0 Å². The number of carbonyl (C=O) groups is 1. The summed E-state index contributed by atoms with van der Waals surface area (Å²) in [7, 11) is 0. The third kappa shape index (κ3) is 7.02. The van der Waals surface area contributed by atoms with Crippen LogP contribution in [0.2, 0.25) is 0 Å². The molecule has 98 valence electrons. The van der Waals surface area contributed by atoms with Gasteiger partial charge in [-0.05, 0) is 35.7 Å². The Labute approximate surface area is 122 Å². The molecule has 0 bridgehead atoms. The van der Waals surface area contributed by atoms with Gasteiger partial charge in [0.1, 0.15) is 0 Å². The van der Waals surface area contributed by atoms with Crippen LogP contribution in [0.4, 0.5) is 0 Å². The molecule has 0 aliphatic rings. The van der Waals surface area contributed by atoms with E-state index in [1.807, 2.05) is 6.07 Å². The molecule has 1 aromatic carbocycles. The number of hydrogen-bond donors (Lipinski definition) is 0. The van der Waals surface area contributed by atoms with E-state index < -0.39 is 0 Å². The minimum absolute atomic E-state index is 0.202. The molecule has 1 rings (SSSR count). The van der Waals surface area contributed by atoms with Gasteiger partial charge in [0.15, 0.2) is 5.12 Å². The summed E-state index contributed by atoms with van der Waals surface area (Å²) in [6, 6.07) is 10.4. The molecule has 3 heteroatoms. The first-order chi connectivity index (χ1) is 8.58. The van der Waals surface area contributed by atoms with E-state index in [4.69, 9.17) is 0 Å². The van der Waals surface area contributed by atoms with Crippen molar-refractivity contribution in [1.82, 2.24) is 0 Å². The predicted octanol–water partition coefficient (Wildman–Crippen LogP) is 4.96. The average Bonchev–Trinajstić information content (AvgIpc) is 2.33. The monoisotopic (exact) mass is 326 g/mol. The van der Waals surface area contributed by atoms with Gasteiger partial charge in [-0.1, -0.05) is 64.6 Å². The highest BCUT2D eigenvalue weighted by Crippen LogP contribution is 2.25. The molecule has 0 amide bonds. The Balaban J connectivity index is 2.45. The van der Waals surface area contributed by atoms with E-state index in [1.165, 1.54) is 17.3 Å². The zero-order valence-electron chi connectivity index (χ0n) is 10.7. The largest absolute Gasteiger partial charge is 0.288 e. The van der Waals surface area contributed by atoms with Gasteiger partial charge in [0.2, 0.25) is 0 Å². The Kier molecular flexibility index (Phi) is 7.36. The van der Waals surface area contributed by atoms with Crippen LogP contribution in [0.3, 0.4) is 0 Å². The van der Waals surface area contributed by atoms with Gasteiger partial charge in [0, 0.05) is 12.2 Å².